The van der Waals surface area contributed by atoms with Crippen molar-refractivity contribution in [2.24, 2.45) is 0 Å². The summed E-state index contributed by atoms with van der Waals surface area (Å²) in [6, 6.07) is 6.28. The zero-order chi connectivity index (χ0) is 15.1. The minimum atomic E-state index is -3.81. The van der Waals surface area contributed by atoms with Gasteiger partial charge in [-0.15, -0.1) is 11.3 Å². The molecule has 0 spiro atoms. The molecule has 0 fully saturated rings. The molecule has 0 amide bonds. The highest BCUT2D eigenvalue weighted by Crippen LogP contribution is 2.37. The molecule has 0 saturated heterocycles. The Labute approximate surface area is 139 Å². The number of anilines is 2. The van der Waals surface area contributed by atoms with E-state index in [9.17, 15) is 8.42 Å². The third-order valence-electron chi connectivity index (χ3n) is 2.59. The number of benzene rings is 1. The van der Waals surface area contributed by atoms with Gasteiger partial charge in [-0.1, -0.05) is 39.1 Å². The number of halogens is 3. The molecule has 0 aliphatic heterocycles. The van der Waals surface area contributed by atoms with Gasteiger partial charge in [0, 0.05) is 11.5 Å². The molecule has 4 nitrogen and oxygen atoms in total. The summed E-state index contributed by atoms with van der Waals surface area (Å²) >= 11 is 16.0. The second-order valence-electron chi connectivity index (χ2n) is 3.86. The number of hydrogen-bond donors (Lipinski definition) is 1. The van der Waals surface area contributed by atoms with Crippen LogP contribution in [0.2, 0.25) is 8.67 Å². The monoisotopic (exact) mass is 414 g/mol. The van der Waals surface area contributed by atoms with Crippen LogP contribution in [-0.4, -0.2) is 15.5 Å². The van der Waals surface area contributed by atoms with Gasteiger partial charge >= 0.3 is 0 Å². The minimum Gasteiger partial charge on any atom is -0.397 e. The Hall–Kier alpha value is -0.470. The molecule has 9 heteroatoms. The SMILES string of the molecule is CN(c1ccc(Br)cc1N)S(=O)(=O)c1cc(Cl)sc1Cl. The van der Waals surface area contributed by atoms with Crippen LogP contribution in [0, 0.1) is 0 Å². The maximum absolute atomic E-state index is 12.5. The van der Waals surface area contributed by atoms with Gasteiger partial charge in [0.25, 0.3) is 10.0 Å². The maximum Gasteiger partial charge on any atom is 0.266 e. The Morgan fingerprint density at radius 1 is 1.30 bits per heavy atom. The van der Waals surface area contributed by atoms with E-state index < -0.39 is 10.0 Å². The van der Waals surface area contributed by atoms with Gasteiger partial charge in [-0.3, -0.25) is 4.31 Å². The lowest BCUT2D eigenvalue weighted by Gasteiger charge is -2.20. The van der Waals surface area contributed by atoms with Gasteiger partial charge < -0.3 is 5.73 Å². The lowest BCUT2D eigenvalue weighted by atomic mass is 10.3. The molecule has 0 saturated carbocycles. The van der Waals surface area contributed by atoms with E-state index in [1.54, 1.807) is 18.2 Å². The number of nitrogen functional groups attached to an aromatic ring is 1. The summed E-state index contributed by atoms with van der Waals surface area (Å²) in [5, 5.41) is 0. The molecule has 0 atom stereocenters. The Morgan fingerprint density at radius 2 is 1.95 bits per heavy atom. The smallest absolute Gasteiger partial charge is 0.266 e. The number of sulfonamides is 1. The van der Waals surface area contributed by atoms with E-state index >= 15 is 0 Å². The molecule has 1 aromatic heterocycles. The largest absolute Gasteiger partial charge is 0.397 e. The fourth-order valence-electron chi connectivity index (χ4n) is 1.59. The lowest BCUT2D eigenvalue weighted by molar-refractivity contribution is 0.595. The highest BCUT2D eigenvalue weighted by atomic mass is 79.9. The van der Waals surface area contributed by atoms with Gasteiger partial charge in [-0.05, 0) is 24.3 Å². The summed E-state index contributed by atoms with van der Waals surface area (Å²) in [4.78, 5) is -0.0287. The maximum atomic E-state index is 12.5. The molecule has 108 valence electrons. The van der Waals surface area contributed by atoms with Crippen molar-refractivity contribution in [3.05, 3.63) is 37.4 Å². The standard InChI is InChI=1S/C11H9BrCl2N2O2S2/c1-16(8-3-2-6(12)4-7(8)15)20(17,18)9-5-10(13)19-11(9)14/h2-5H,15H2,1H3. The van der Waals surface area contributed by atoms with Gasteiger partial charge in [-0.2, -0.15) is 0 Å². The quantitative estimate of drug-likeness (QED) is 0.763. The van der Waals surface area contributed by atoms with E-state index in [0.29, 0.717) is 15.7 Å². The van der Waals surface area contributed by atoms with Gasteiger partial charge in [0.2, 0.25) is 0 Å². The first-order chi connectivity index (χ1) is 9.23. The predicted octanol–water partition coefficient (Wildman–Crippen LogP) is 4.22. The number of nitrogens with zero attached hydrogens (tertiary/aromatic N) is 1. The normalized spacial score (nSPS) is 11.6. The Kier molecular flexibility index (Phi) is 4.56. The highest BCUT2D eigenvalue weighted by molar-refractivity contribution is 9.10. The van der Waals surface area contributed by atoms with Crippen LogP contribution in [-0.2, 0) is 10.0 Å². The molecule has 0 radical (unpaired) electrons. The number of thiophene rings is 1. The number of rotatable bonds is 3. The van der Waals surface area contributed by atoms with Gasteiger partial charge in [0.15, 0.2) is 0 Å². The molecule has 1 heterocycles. The van der Waals surface area contributed by atoms with Crippen molar-refractivity contribution in [2.45, 2.75) is 4.90 Å². The highest BCUT2D eigenvalue weighted by Gasteiger charge is 2.27. The molecular weight excluding hydrogens is 407 g/mol. The first-order valence-electron chi connectivity index (χ1n) is 5.22. The summed E-state index contributed by atoms with van der Waals surface area (Å²) in [7, 11) is -2.39. The molecule has 2 N–H and O–H groups in total. The van der Waals surface area contributed by atoms with Crippen molar-refractivity contribution in [3.63, 3.8) is 0 Å². The van der Waals surface area contributed by atoms with Crippen LogP contribution in [0.1, 0.15) is 0 Å². The van der Waals surface area contributed by atoms with Gasteiger partial charge in [0.1, 0.15) is 9.23 Å². The predicted molar refractivity (Wildman–Crippen MR) is 88.5 cm³/mol. The van der Waals surface area contributed by atoms with Crippen molar-refractivity contribution in [2.75, 3.05) is 17.1 Å². The second kappa shape index (κ2) is 5.73. The van der Waals surface area contributed by atoms with E-state index in [1.165, 1.54) is 13.1 Å². The first-order valence-corrected chi connectivity index (χ1v) is 9.03. The molecule has 20 heavy (non-hydrogen) atoms. The van der Waals surface area contributed by atoms with E-state index in [2.05, 4.69) is 15.9 Å². The Morgan fingerprint density at radius 3 is 2.45 bits per heavy atom. The van der Waals surface area contributed by atoms with Crippen LogP contribution in [0.5, 0.6) is 0 Å². The molecule has 2 rings (SSSR count). The summed E-state index contributed by atoms with van der Waals surface area (Å²) in [5.74, 6) is 0. The molecule has 0 aliphatic rings. The third-order valence-corrected chi connectivity index (χ3v) is 6.61. The van der Waals surface area contributed by atoms with Crippen LogP contribution in [0.25, 0.3) is 0 Å². The zero-order valence-electron chi connectivity index (χ0n) is 10.1. The van der Waals surface area contributed by atoms with Crippen molar-refractivity contribution in [3.8, 4) is 0 Å². The third kappa shape index (κ3) is 2.92. The Balaban J connectivity index is 2.51. The average molecular weight is 416 g/mol. The van der Waals surface area contributed by atoms with E-state index in [-0.39, 0.29) is 9.23 Å². The molecule has 0 aliphatic carbocycles. The van der Waals surface area contributed by atoms with Crippen LogP contribution in [0.3, 0.4) is 0 Å². The van der Waals surface area contributed by atoms with E-state index in [1.807, 2.05) is 0 Å². The van der Waals surface area contributed by atoms with Gasteiger partial charge in [0.05, 0.1) is 15.7 Å². The van der Waals surface area contributed by atoms with Crippen LogP contribution < -0.4 is 10.0 Å². The topological polar surface area (TPSA) is 63.4 Å². The van der Waals surface area contributed by atoms with Crippen molar-refractivity contribution < 1.29 is 8.42 Å². The van der Waals surface area contributed by atoms with Crippen LogP contribution in [0.4, 0.5) is 11.4 Å². The van der Waals surface area contributed by atoms with Crippen LogP contribution in [0.15, 0.2) is 33.6 Å². The van der Waals surface area contributed by atoms with Crippen molar-refractivity contribution in [1.82, 2.24) is 0 Å². The van der Waals surface area contributed by atoms with Crippen molar-refractivity contribution in [1.29, 1.82) is 0 Å². The molecule has 2 aromatic rings. The lowest BCUT2D eigenvalue weighted by Crippen LogP contribution is -2.27. The minimum absolute atomic E-state index is 0.0287. The fourth-order valence-corrected chi connectivity index (χ4v) is 5.30. The summed E-state index contributed by atoms with van der Waals surface area (Å²) < 4.78 is 27.3. The first kappa shape index (κ1) is 15.9. The summed E-state index contributed by atoms with van der Waals surface area (Å²) in [6.07, 6.45) is 0. The fraction of sp³-hybridized carbons (Fsp3) is 0.0909. The molecule has 1 aromatic carbocycles. The second-order valence-corrected chi connectivity index (χ2v) is 9.00. The zero-order valence-corrected chi connectivity index (χ0v) is 14.8. The van der Waals surface area contributed by atoms with E-state index in [0.717, 1.165) is 20.1 Å². The van der Waals surface area contributed by atoms with Crippen LogP contribution >= 0.6 is 50.5 Å². The number of nitrogens with two attached hydrogens (primary N) is 1. The average Bonchev–Trinajstić information content (AvgIpc) is 2.68. The molecular formula is C11H9BrCl2N2O2S2. The number of hydrogen-bond acceptors (Lipinski definition) is 4. The van der Waals surface area contributed by atoms with E-state index in [4.69, 9.17) is 28.9 Å². The summed E-state index contributed by atoms with van der Waals surface area (Å²) in [5.41, 5.74) is 6.55. The summed E-state index contributed by atoms with van der Waals surface area (Å²) in [6.45, 7) is 0. The van der Waals surface area contributed by atoms with Gasteiger partial charge in [-0.25, -0.2) is 8.42 Å². The molecule has 0 unspecified atom stereocenters. The Bertz CT molecular complexity index is 762. The van der Waals surface area contributed by atoms with Crippen molar-refractivity contribution >= 4 is 71.9 Å². The molecule has 0 bridgehead atoms.